The smallest absolute Gasteiger partial charge is 0.319 e. The third-order valence-corrected chi connectivity index (χ3v) is 6.44. The Kier molecular flexibility index (Phi) is 9.13. The van der Waals surface area contributed by atoms with Crippen molar-refractivity contribution >= 4 is 28.5 Å². The number of aliphatic hydroxyl groups excluding tert-OH is 1. The zero-order valence-electron chi connectivity index (χ0n) is 18.9. The first-order valence-corrected chi connectivity index (χ1v) is 11.9. The van der Waals surface area contributed by atoms with Gasteiger partial charge in [0.05, 0.1) is 12.2 Å². The van der Waals surface area contributed by atoms with Gasteiger partial charge in [0.1, 0.15) is 28.3 Å². The van der Waals surface area contributed by atoms with Gasteiger partial charge in [-0.1, -0.05) is 6.07 Å². The number of nitrogens with zero attached hydrogens (tertiary/aromatic N) is 2. The highest BCUT2D eigenvalue weighted by atomic mass is 32.1. The molecule has 186 valence electrons. The predicted octanol–water partition coefficient (Wildman–Crippen LogP) is 3.02. The number of urea groups is 1. The van der Waals surface area contributed by atoms with Crippen molar-refractivity contribution in [2.45, 2.75) is 44.8 Å². The first-order valence-electron chi connectivity index (χ1n) is 11.1. The maximum Gasteiger partial charge on any atom is 0.319 e. The quantitative estimate of drug-likeness (QED) is 0.353. The summed E-state index contributed by atoms with van der Waals surface area (Å²) in [5.74, 6) is -2.70. The number of likely N-dealkylation sites (tertiary alicyclic amines) is 1. The van der Waals surface area contributed by atoms with Crippen molar-refractivity contribution in [3.63, 3.8) is 0 Å². The number of aromatic nitrogens is 1. The van der Waals surface area contributed by atoms with Crippen LogP contribution in [0.15, 0.2) is 18.2 Å². The molecule has 1 saturated heterocycles. The Morgan fingerprint density at radius 2 is 2.09 bits per heavy atom. The molecule has 2 atom stereocenters. The second-order valence-electron chi connectivity index (χ2n) is 8.05. The molecule has 12 heteroatoms. The lowest BCUT2D eigenvalue weighted by molar-refractivity contribution is 0.0994. The van der Waals surface area contributed by atoms with Crippen LogP contribution in [-0.2, 0) is 0 Å². The molecule has 0 spiro atoms. The highest BCUT2D eigenvalue weighted by molar-refractivity contribution is 7.11. The number of nitrogens with one attached hydrogen (secondary N) is 2. The van der Waals surface area contributed by atoms with E-state index in [1.165, 1.54) is 13.0 Å². The van der Waals surface area contributed by atoms with Gasteiger partial charge < -0.3 is 20.9 Å². The number of hydrogen-bond acceptors (Lipinski definition) is 7. The van der Waals surface area contributed by atoms with Crippen LogP contribution in [0.1, 0.15) is 54.6 Å². The molecule has 5 N–H and O–H groups in total. The van der Waals surface area contributed by atoms with Crippen molar-refractivity contribution in [2.24, 2.45) is 5.73 Å². The number of carbonyl (C=O) groups is 2. The van der Waals surface area contributed by atoms with Gasteiger partial charge in [0.2, 0.25) is 5.88 Å². The van der Waals surface area contributed by atoms with Crippen molar-refractivity contribution < 1.29 is 28.2 Å². The van der Waals surface area contributed by atoms with E-state index < -0.39 is 29.7 Å². The molecule has 1 aromatic carbocycles. The number of rotatable bonds is 11. The number of unbranched alkanes of at least 4 members (excludes halogenated alkanes) is 1. The van der Waals surface area contributed by atoms with Gasteiger partial charge in [0.15, 0.2) is 0 Å². The number of nitrogens with two attached hydrogens (primary N) is 1. The summed E-state index contributed by atoms with van der Waals surface area (Å²) >= 11 is 0.776. The van der Waals surface area contributed by atoms with Crippen molar-refractivity contribution in [1.82, 2.24) is 14.6 Å². The van der Waals surface area contributed by atoms with Gasteiger partial charge in [0.25, 0.3) is 5.91 Å². The van der Waals surface area contributed by atoms with Crippen LogP contribution in [0.25, 0.3) is 0 Å². The van der Waals surface area contributed by atoms with Crippen LogP contribution in [0.2, 0.25) is 0 Å². The molecule has 2 unspecified atom stereocenters. The molecular weight excluding hydrogens is 468 g/mol. The lowest BCUT2D eigenvalue weighted by atomic mass is 10.1. The molecule has 1 fully saturated rings. The summed E-state index contributed by atoms with van der Waals surface area (Å²) in [7, 11) is 0. The van der Waals surface area contributed by atoms with Gasteiger partial charge in [-0.3, -0.25) is 15.0 Å². The number of anilines is 1. The predicted molar refractivity (Wildman–Crippen MR) is 124 cm³/mol. The Hall–Kier alpha value is -2.83. The molecule has 0 saturated carbocycles. The number of carbonyl (C=O) groups excluding carboxylic acids is 2. The van der Waals surface area contributed by atoms with Gasteiger partial charge in [-0.05, 0) is 69.4 Å². The molecular formula is C22H29F2N5O4S. The van der Waals surface area contributed by atoms with Crippen LogP contribution in [0, 0.1) is 11.6 Å². The van der Waals surface area contributed by atoms with Crippen molar-refractivity contribution in [2.75, 3.05) is 31.6 Å². The first kappa shape index (κ1) is 25.8. The Balaban J connectivity index is 1.53. The maximum atomic E-state index is 14.0. The van der Waals surface area contributed by atoms with E-state index in [1.807, 2.05) is 0 Å². The highest BCUT2D eigenvalue weighted by Crippen LogP contribution is 2.34. The number of amides is 3. The molecule has 0 radical (unpaired) electrons. The van der Waals surface area contributed by atoms with E-state index in [9.17, 15) is 23.5 Å². The summed E-state index contributed by atoms with van der Waals surface area (Å²) < 4.78 is 37.6. The standard InChI is InChI=1S/C22H29F2N5O4S/c1-13(17-15(23)7-4-8-16(17)24)33-20-18(19(25)31)21(34-28-20)27-22(32)26-9-2-3-10-29-11-5-6-14(29)12-30/h4,7-8,13-14,30H,2-3,5-6,9-12H2,1H3,(H2,25,31)(H2,26,27,32). The summed E-state index contributed by atoms with van der Waals surface area (Å²) in [6.07, 6.45) is 2.61. The van der Waals surface area contributed by atoms with Crippen molar-refractivity contribution in [3.8, 4) is 5.88 Å². The Morgan fingerprint density at radius 1 is 1.35 bits per heavy atom. The Bertz CT molecular complexity index is 985. The van der Waals surface area contributed by atoms with Gasteiger partial charge in [0, 0.05) is 12.6 Å². The molecule has 1 aromatic heterocycles. The lowest BCUT2D eigenvalue weighted by Gasteiger charge is -2.22. The lowest BCUT2D eigenvalue weighted by Crippen LogP contribution is -2.34. The Labute approximate surface area is 200 Å². The number of benzene rings is 1. The minimum atomic E-state index is -1.09. The zero-order chi connectivity index (χ0) is 24.7. The van der Waals surface area contributed by atoms with Crippen molar-refractivity contribution in [3.05, 3.63) is 41.0 Å². The van der Waals surface area contributed by atoms with Crippen LogP contribution in [0.3, 0.4) is 0 Å². The van der Waals surface area contributed by atoms with E-state index in [2.05, 4.69) is 19.9 Å². The van der Waals surface area contributed by atoms with E-state index in [-0.39, 0.29) is 34.7 Å². The Morgan fingerprint density at radius 3 is 2.76 bits per heavy atom. The number of ether oxygens (including phenoxy) is 1. The fraction of sp³-hybridized carbons (Fsp3) is 0.500. The summed E-state index contributed by atoms with van der Waals surface area (Å²) in [4.78, 5) is 26.5. The second kappa shape index (κ2) is 12.0. The van der Waals surface area contributed by atoms with Crippen LogP contribution in [0.4, 0.5) is 18.6 Å². The van der Waals surface area contributed by atoms with Gasteiger partial charge >= 0.3 is 6.03 Å². The number of primary amides is 1. The fourth-order valence-electron chi connectivity index (χ4n) is 3.97. The number of halogens is 2. The van der Waals surface area contributed by atoms with E-state index in [1.54, 1.807) is 0 Å². The van der Waals surface area contributed by atoms with E-state index >= 15 is 0 Å². The SMILES string of the molecule is CC(Oc1nsc(NC(=O)NCCCCN2CCCC2CO)c1C(N)=O)c1c(F)cccc1F. The van der Waals surface area contributed by atoms with Crippen LogP contribution in [0.5, 0.6) is 5.88 Å². The molecule has 0 aliphatic carbocycles. The van der Waals surface area contributed by atoms with E-state index in [4.69, 9.17) is 10.5 Å². The first-order chi connectivity index (χ1) is 16.3. The summed E-state index contributed by atoms with van der Waals surface area (Å²) in [6.45, 7) is 3.83. The highest BCUT2D eigenvalue weighted by Gasteiger charge is 2.26. The molecule has 3 rings (SSSR count). The minimum Gasteiger partial charge on any atom is -0.468 e. The second-order valence-corrected chi connectivity index (χ2v) is 8.83. The molecule has 1 aliphatic heterocycles. The average Bonchev–Trinajstić information content (AvgIpc) is 3.39. The van der Waals surface area contributed by atoms with Crippen molar-refractivity contribution in [1.29, 1.82) is 0 Å². The monoisotopic (exact) mass is 497 g/mol. The van der Waals surface area contributed by atoms with Crippen LogP contribution in [-0.4, -0.2) is 58.6 Å². The number of aliphatic hydroxyl groups is 1. The molecule has 3 amide bonds. The molecule has 34 heavy (non-hydrogen) atoms. The van der Waals surface area contributed by atoms with Crippen LogP contribution >= 0.6 is 11.5 Å². The molecule has 9 nitrogen and oxygen atoms in total. The average molecular weight is 498 g/mol. The van der Waals surface area contributed by atoms with Gasteiger partial charge in [-0.15, -0.1) is 0 Å². The molecule has 0 bridgehead atoms. The topological polar surface area (TPSA) is 130 Å². The summed E-state index contributed by atoms with van der Waals surface area (Å²) in [5, 5.41) is 14.7. The summed E-state index contributed by atoms with van der Waals surface area (Å²) in [5.41, 5.74) is 4.96. The molecule has 2 aromatic rings. The number of hydrogen-bond donors (Lipinski definition) is 4. The third kappa shape index (κ3) is 6.39. The van der Waals surface area contributed by atoms with Crippen LogP contribution < -0.4 is 21.1 Å². The largest absolute Gasteiger partial charge is 0.468 e. The van der Waals surface area contributed by atoms with Gasteiger partial charge in [-0.2, -0.15) is 4.37 Å². The maximum absolute atomic E-state index is 14.0. The van der Waals surface area contributed by atoms with Gasteiger partial charge in [-0.25, -0.2) is 13.6 Å². The molecule has 2 heterocycles. The summed E-state index contributed by atoms with van der Waals surface area (Å²) in [6, 6.07) is 3.12. The fourth-order valence-corrected chi connectivity index (χ4v) is 4.70. The minimum absolute atomic E-state index is 0.0732. The zero-order valence-corrected chi connectivity index (χ0v) is 19.7. The van der Waals surface area contributed by atoms with E-state index in [0.29, 0.717) is 6.54 Å². The molecule has 1 aliphatic rings. The normalized spacial score (nSPS) is 16.9. The third-order valence-electron chi connectivity index (χ3n) is 5.70. The van der Waals surface area contributed by atoms with E-state index in [0.717, 1.165) is 62.4 Å².